The molecule has 1 saturated carbocycles. The van der Waals surface area contributed by atoms with Gasteiger partial charge < -0.3 is 0 Å². The minimum absolute atomic E-state index is 0.610. The number of rotatable bonds is 0. The molecule has 78 valence electrons. The van der Waals surface area contributed by atoms with Gasteiger partial charge in [-0.3, -0.25) is 0 Å². The normalized spacial score (nSPS) is 20.3. The first-order valence-electron chi connectivity index (χ1n) is 5.66. The Balaban J connectivity index is 0.000000671. The zero-order valence-corrected chi connectivity index (χ0v) is 10.3. The molecule has 0 N–H and O–H groups in total. The molecule has 0 aliphatic heterocycles. The summed E-state index contributed by atoms with van der Waals surface area (Å²) >= 11 is 0. The molecule has 0 unspecified atom stereocenters. The molecule has 0 aromatic carbocycles. The third-order valence-corrected chi connectivity index (χ3v) is 2.91. The Kier molecular flexibility index (Phi) is 5.36. The smallest absolute Gasteiger partial charge is 0.0313 e. The van der Waals surface area contributed by atoms with E-state index in [0.29, 0.717) is 5.41 Å². The first-order chi connectivity index (χ1) is 6.01. The standard InChI is InChI=1S/C11H20.C2H6/c1-9(2)10-5-7-11(3,4)8-6-10;1-2/h5-8H2,1-4H3;1-2H3. The predicted molar refractivity (Wildman–Crippen MR) is 62.0 cm³/mol. The lowest BCUT2D eigenvalue weighted by atomic mass is 9.75. The summed E-state index contributed by atoms with van der Waals surface area (Å²) in [5.74, 6) is 0. The van der Waals surface area contributed by atoms with E-state index in [1.807, 2.05) is 13.8 Å². The van der Waals surface area contributed by atoms with Crippen molar-refractivity contribution in [1.29, 1.82) is 0 Å². The Morgan fingerprint density at radius 2 is 1.38 bits per heavy atom. The second kappa shape index (κ2) is 5.47. The quantitative estimate of drug-likeness (QED) is 0.465. The second-order valence-corrected chi connectivity index (χ2v) is 4.77. The fourth-order valence-electron chi connectivity index (χ4n) is 1.73. The van der Waals surface area contributed by atoms with Crippen molar-refractivity contribution in [2.24, 2.45) is 5.41 Å². The average molecular weight is 182 g/mol. The van der Waals surface area contributed by atoms with Gasteiger partial charge in [-0.15, -0.1) is 0 Å². The van der Waals surface area contributed by atoms with Crippen LogP contribution in [-0.2, 0) is 0 Å². The fourth-order valence-corrected chi connectivity index (χ4v) is 1.73. The van der Waals surface area contributed by atoms with Crippen LogP contribution < -0.4 is 0 Å². The highest BCUT2D eigenvalue weighted by Crippen LogP contribution is 2.38. The maximum atomic E-state index is 2.38. The summed E-state index contributed by atoms with van der Waals surface area (Å²) in [6.45, 7) is 13.3. The molecule has 0 nitrogen and oxygen atoms in total. The van der Waals surface area contributed by atoms with Gasteiger partial charge in [-0.25, -0.2) is 0 Å². The van der Waals surface area contributed by atoms with Crippen LogP contribution in [0.25, 0.3) is 0 Å². The molecule has 1 aliphatic rings. The maximum absolute atomic E-state index is 2.38. The summed E-state index contributed by atoms with van der Waals surface area (Å²) in [5, 5.41) is 0. The molecule has 0 heterocycles. The van der Waals surface area contributed by atoms with E-state index in [9.17, 15) is 0 Å². The van der Waals surface area contributed by atoms with E-state index < -0.39 is 0 Å². The van der Waals surface area contributed by atoms with Gasteiger partial charge in [0.05, 0.1) is 0 Å². The molecule has 1 rings (SSSR count). The minimum Gasteiger partial charge on any atom is -0.0772 e. The zero-order valence-electron chi connectivity index (χ0n) is 10.3. The number of hydrogen-bond donors (Lipinski definition) is 0. The number of allylic oxidation sites excluding steroid dienone is 2. The lowest BCUT2D eigenvalue weighted by Crippen LogP contribution is -2.16. The molecule has 1 aliphatic carbocycles. The SMILES string of the molecule is CC.CC(C)=C1CCC(C)(C)CC1. The monoisotopic (exact) mass is 182 g/mol. The molecule has 0 atom stereocenters. The zero-order chi connectivity index (χ0) is 10.5. The maximum Gasteiger partial charge on any atom is -0.0313 e. The molecule has 0 spiro atoms. The Hall–Kier alpha value is -0.260. The van der Waals surface area contributed by atoms with Gasteiger partial charge in [0.1, 0.15) is 0 Å². The summed E-state index contributed by atoms with van der Waals surface area (Å²) in [4.78, 5) is 0. The van der Waals surface area contributed by atoms with Crippen molar-refractivity contribution < 1.29 is 0 Å². The summed E-state index contributed by atoms with van der Waals surface area (Å²) in [6.07, 6.45) is 5.45. The van der Waals surface area contributed by atoms with Crippen molar-refractivity contribution in [2.45, 2.75) is 67.2 Å². The molecular formula is C13H26. The van der Waals surface area contributed by atoms with E-state index in [-0.39, 0.29) is 0 Å². The molecule has 0 heteroatoms. The van der Waals surface area contributed by atoms with E-state index in [2.05, 4.69) is 27.7 Å². The van der Waals surface area contributed by atoms with Crippen molar-refractivity contribution in [1.82, 2.24) is 0 Å². The van der Waals surface area contributed by atoms with E-state index in [0.717, 1.165) is 0 Å². The lowest BCUT2D eigenvalue weighted by Gasteiger charge is -2.31. The number of hydrogen-bond acceptors (Lipinski definition) is 0. The first-order valence-corrected chi connectivity index (χ1v) is 5.66. The van der Waals surface area contributed by atoms with Crippen LogP contribution in [0, 0.1) is 5.41 Å². The van der Waals surface area contributed by atoms with Crippen molar-refractivity contribution in [3.8, 4) is 0 Å². The van der Waals surface area contributed by atoms with Crippen LogP contribution in [0.5, 0.6) is 0 Å². The van der Waals surface area contributed by atoms with E-state index in [1.54, 1.807) is 11.1 Å². The van der Waals surface area contributed by atoms with E-state index >= 15 is 0 Å². The third-order valence-electron chi connectivity index (χ3n) is 2.91. The second-order valence-electron chi connectivity index (χ2n) is 4.77. The Labute approximate surface area is 84.4 Å². The largest absolute Gasteiger partial charge is 0.0772 e. The van der Waals surface area contributed by atoms with Gasteiger partial charge in [-0.1, -0.05) is 38.8 Å². The molecule has 0 aromatic heterocycles. The van der Waals surface area contributed by atoms with Crippen molar-refractivity contribution in [2.75, 3.05) is 0 Å². The Morgan fingerprint density at radius 1 is 1.00 bits per heavy atom. The minimum atomic E-state index is 0.610. The van der Waals surface area contributed by atoms with Crippen molar-refractivity contribution in [3.05, 3.63) is 11.1 Å². The van der Waals surface area contributed by atoms with Crippen LogP contribution in [0.15, 0.2) is 11.1 Å². The van der Waals surface area contributed by atoms with Gasteiger partial charge in [0.25, 0.3) is 0 Å². The molecule has 0 bridgehead atoms. The highest BCUT2D eigenvalue weighted by Gasteiger charge is 2.23. The van der Waals surface area contributed by atoms with E-state index in [1.165, 1.54) is 25.7 Å². The van der Waals surface area contributed by atoms with Gasteiger partial charge in [-0.2, -0.15) is 0 Å². The highest BCUT2D eigenvalue weighted by molar-refractivity contribution is 5.12. The van der Waals surface area contributed by atoms with Crippen LogP contribution in [0.1, 0.15) is 67.2 Å². The van der Waals surface area contributed by atoms with Crippen molar-refractivity contribution >= 4 is 0 Å². The third kappa shape index (κ3) is 4.50. The molecule has 0 saturated heterocycles. The summed E-state index contributed by atoms with van der Waals surface area (Å²) in [5.41, 5.74) is 3.88. The van der Waals surface area contributed by atoms with Crippen LogP contribution in [0.2, 0.25) is 0 Å². The van der Waals surface area contributed by atoms with Gasteiger partial charge in [0.2, 0.25) is 0 Å². The van der Waals surface area contributed by atoms with Gasteiger partial charge in [0, 0.05) is 0 Å². The van der Waals surface area contributed by atoms with Crippen LogP contribution in [-0.4, -0.2) is 0 Å². The summed E-state index contributed by atoms with van der Waals surface area (Å²) in [7, 11) is 0. The van der Waals surface area contributed by atoms with E-state index in [4.69, 9.17) is 0 Å². The van der Waals surface area contributed by atoms with Crippen LogP contribution in [0.3, 0.4) is 0 Å². The summed E-state index contributed by atoms with van der Waals surface area (Å²) < 4.78 is 0. The van der Waals surface area contributed by atoms with Gasteiger partial charge in [0.15, 0.2) is 0 Å². The average Bonchev–Trinajstić information content (AvgIpc) is 2.07. The Morgan fingerprint density at radius 3 is 1.69 bits per heavy atom. The predicted octanol–water partition coefficient (Wildman–Crippen LogP) is 4.95. The molecule has 13 heavy (non-hydrogen) atoms. The lowest BCUT2D eigenvalue weighted by molar-refractivity contribution is 0.277. The topological polar surface area (TPSA) is 0 Å². The Bertz CT molecular complexity index is 156. The molecule has 0 amide bonds. The van der Waals surface area contributed by atoms with Gasteiger partial charge >= 0.3 is 0 Å². The van der Waals surface area contributed by atoms with Crippen LogP contribution in [0.4, 0.5) is 0 Å². The molecule has 1 fully saturated rings. The molecule has 0 radical (unpaired) electrons. The fraction of sp³-hybridized carbons (Fsp3) is 0.846. The molecular weight excluding hydrogens is 156 g/mol. The van der Waals surface area contributed by atoms with Gasteiger partial charge in [-0.05, 0) is 44.9 Å². The van der Waals surface area contributed by atoms with Crippen LogP contribution >= 0.6 is 0 Å². The highest BCUT2D eigenvalue weighted by atomic mass is 14.3. The summed E-state index contributed by atoms with van der Waals surface area (Å²) in [6, 6.07) is 0. The first kappa shape index (κ1) is 12.7. The molecule has 0 aromatic rings. The van der Waals surface area contributed by atoms with Crippen molar-refractivity contribution in [3.63, 3.8) is 0 Å².